The number of nitrogens with one attached hydrogen (secondary N) is 2. The maximum Gasteiger partial charge on any atom is 0.302 e. The molecule has 0 fully saturated rings. The van der Waals surface area contributed by atoms with E-state index < -0.39 is 17.3 Å². The summed E-state index contributed by atoms with van der Waals surface area (Å²) in [4.78, 5) is 45.6. The van der Waals surface area contributed by atoms with Crippen molar-refractivity contribution in [3.05, 3.63) is 116 Å². The first-order valence-corrected chi connectivity index (χ1v) is 15.0. The lowest BCUT2D eigenvalue weighted by Crippen LogP contribution is -2.24. The summed E-state index contributed by atoms with van der Waals surface area (Å²) in [6, 6.07) is 13.8. The molecule has 1 atom stereocenters. The number of aromatic nitrogens is 4. The number of carbonyl (C=O) groups is 1. The molecule has 0 spiro atoms. The zero-order chi connectivity index (χ0) is 33.2. The van der Waals surface area contributed by atoms with Crippen LogP contribution >= 0.6 is 0 Å². The number of nitrogens with two attached hydrogens (primary N) is 1. The molecule has 3 heterocycles. The minimum absolute atomic E-state index is 0.0182. The van der Waals surface area contributed by atoms with E-state index in [-0.39, 0.29) is 35.6 Å². The van der Waals surface area contributed by atoms with E-state index in [1.165, 1.54) is 19.2 Å². The van der Waals surface area contributed by atoms with Crippen LogP contribution in [0.3, 0.4) is 0 Å². The third kappa shape index (κ3) is 7.05. The quantitative estimate of drug-likeness (QED) is 0.191. The summed E-state index contributed by atoms with van der Waals surface area (Å²) < 4.78 is 21.9. The standard InChI is InChI=1S/C35H37FN6O4/c1-20(37)11-22-9-10-31(38-15-22)39-17-25-12-23(16-40-33(25)44)27-7-6-8-30(28(27)19-46-21(2)43)42-34(45)32-24(18-41-42)13-26(14-29(32)36)35(3,4)5/h6-10,12-16,18,20H,11,17,19,37H2,1-5H3,(H,38,39)(H,40,44). The van der Waals surface area contributed by atoms with Crippen molar-refractivity contribution in [2.24, 2.45) is 5.73 Å². The predicted octanol–water partition coefficient (Wildman–Crippen LogP) is 5.14. The number of esters is 1. The van der Waals surface area contributed by atoms with Crippen LogP contribution in [0.1, 0.15) is 56.9 Å². The zero-order valence-corrected chi connectivity index (χ0v) is 26.5. The molecular weight excluding hydrogens is 587 g/mol. The normalized spacial score (nSPS) is 12.2. The maximum atomic E-state index is 15.4. The lowest BCUT2D eigenvalue weighted by atomic mass is 9.86. The van der Waals surface area contributed by atoms with Gasteiger partial charge in [-0.3, -0.25) is 14.4 Å². The average Bonchev–Trinajstić information content (AvgIpc) is 2.99. The first-order valence-electron chi connectivity index (χ1n) is 15.0. The van der Waals surface area contributed by atoms with E-state index in [4.69, 9.17) is 10.5 Å². The third-order valence-corrected chi connectivity index (χ3v) is 7.64. The molecule has 3 aromatic heterocycles. The lowest BCUT2D eigenvalue weighted by molar-refractivity contribution is -0.142. The van der Waals surface area contributed by atoms with Crippen molar-refractivity contribution in [1.82, 2.24) is 19.7 Å². The Morgan fingerprint density at radius 2 is 1.91 bits per heavy atom. The molecule has 11 heteroatoms. The molecular formula is C35H37FN6O4. The van der Waals surface area contributed by atoms with Gasteiger partial charge in [-0.1, -0.05) is 39.0 Å². The Balaban J connectivity index is 1.55. The molecule has 238 valence electrons. The SMILES string of the molecule is CC(=O)OCc1c(-c2c[nH]c(=O)c(CNc3ccc(CC(C)N)cn3)c2)cccc1-n1ncc2cc(C(C)(C)C)cc(F)c2c1=O. The zero-order valence-electron chi connectivity index (χ0n) is 26.5. The molecule has 10 nitrogen and oxygen atoms in total. The highest BCUT2D eigenvalue weighted by molar-refractivity contribution is 5.83. The summed E-state index contributed by atoms with van der Waals surface area (Å²) in [6.45, 7) is 9.10. The molecule has 0 aliphatic heterocycles. The van der Waals surface area contributed by atoms with E-state index in [2.05, 4.69) is 20.4 Å². The van der Waals surface area contributed by atoms with Gasteiger partial charge < -0.3 is 20.8 Å². The van der Waals surface area contributed by atoms with Crippen molar-refractivity contribution >= 4 is 22.6 Å². The summed E-state index contributed by atoms with van der Waals surface area (Å²) in [5.74, 6) is -0.567. The molecule has 0 saturated carbocycles. The minimum atomic E-state index is -0.650. The lowest BCUT2D eigenvalue weighted by Gasteiger charge is -2.20. The molecule has 0 radical (unpaired) electrons. The first kappa shape index (κ1) is 32.2. The molecule has 0 saturated heterocycles. The van der Waals surface area contributed by atoms with Crippen molar-refractivity contribution in [2.45, 2.75) is 65.6 Å². The van der Waals surface area contributed by atoms with Crippen molar-refractivity contribution in [3.63, 3.8) is 0 Å². The first-order chi connectivity index (χ1) is 21.8. The second-order valence-electron chi connectivity index (χ2n) is 12.4. The smallest absolute Gasteiger partial charge is 0.302 e. The van der Waals surface area contributed by atoms with E-state index in [1.54, 1.807) is 42.7 Å². The molecule has 5 aromatic rings. The minimum Gasteiger partial charge on any atom is -0.461 e. The average molecular weight is 625 g/mol. The van der Waals surface area contributed by atoms with Gasteiger partial charge in [-0.05, 0) is 71.3 Å². The van der Waals surface area contributed by atoms with Crippen LogP contribution in [0, 0.1) is 5.82 Å². The van der Waals surface area contributed by atoms with Crippen LogP contribution in [0.25, 0.3) is 27.6 Å². The largest absolute Gasteiger partial charge is 0.461 e. The van der Waals surface area contributed by atoms with E-state index in [0.29, 0.717) is 45.6 Å². The number of anilines is 1. The second kappa shape index (κ2) is 13.1. The number of hydrogen-bond acceptors (Lipinski definition) is 8. The van der Waals surface area contributed by atoms with Gasteiger partial charge in [-0.25, -0.2) is 9.37 Å². The Morgan fingerprint density at radius 1 is 1.13 bits per heavy atom. The van der Waals surface area contributed by atoms with E-state index in [1.807, 2.05) is 39.8 Å². The van der Waals surface area contributed by atoms with Crippen LogP contribution in [-0.4, -0.2) is 31.8 Å². The van der Waals surface area contributed by atoms with Gasteiger partial charge in [0.05, 0.1) is 17.3 Å². The number of H-pyrrole nitrogens is 1. The summed E-state index contributed by atoms with van der Waals surface area (Å²) in [7, 11) is 0. The van der Waals surface area contributed by atoms with Crippen LogP contribution in [0.2, 0.25) is 0 Å². The molecule has 4 N–H and O–H groups in total. The Bertz CT molecular complexity index is 2030. The number of rotatable bonds is 9. The predicted molar refractivity (Wildman–Crippen MR) is 176 cm³/mol. The fourth-order valence-electron chi connectivity index (χ4n) is 5.23. The van der Waals surface area contributed by atoms with Crippen LogP contribution in [0.4, 0.5) is 10.2 Å². The van der Waals surface area contributed by atoms with Gasteiger partial charge in [-0.2, -0.15) is 9.78 Å². The van der Waals surface area contributed by atoms with E-state index in [9.17, 15) is 14.4 Å². The molecule has 0 bridgehead atoms. The van der Waals surface area contributed by atoms with Gasteiger partial charge in [0.25, 0.3) is 11.1 Å². The Morgan fingerprint density at radius 3 is 2.59 bits per heavy atom. The van der Waals surface area contributed by atoms with Crippen molar-refractivity contribution in [2.75, 3.05) is 5.32 Å². The highest BCUT2D eigenvalue weighted by Gasteiger charge is 2.21. The third-order valence-electron chi connectivity index (χ3n) is 7.64. The van der Waals surface area contributed by atoms with Gasteiger partial charge in [0, 0.05) is 48.4 Å². The number of fused-ring (bicyclic) bond motifs is 1. The van der Waals surface area contributed by atoms with E-state index >= 15 is 4.39 Å². The highest BCUT2D eigenvalue weighted by Crippen LogP contribution is 2.30. The number of benzene rings is 2. The van der Waals surface area contributed by atoms with Gasteiger partial charge >= 0.3 is 5.97 Å². The summed E-state index contributed by atoms with van der Waals surface area (Å²) in [5, 5.41) is 7.86. The number of aromatic amines is 1. The van der Waals surface area contributed by atoms with Gasteiger partial charge in [0.15, 0.2) is 0 Å². The number of pyridine rings is 2. The molecule has 0 amide bonds. The molecule has 46 heavy (non-hydrogen) atoms. The highest BCUT2D eigenvalue weighted by atomic mass is 19.1. The molecule has 2 aromatic carbocycles. The topological polar surface area (TPSA) is 145 Å². The molecule has 0 aliphatic carbocycles. The Hall–Kier alpha value is -5.16. The maximum absolute atomic E-state index is 15.4. The van der Waals surface area contributed by atoms with Gasteiger partial charge in [0.1, 0.15) is 18.2 Å². The van der Waals surface area contributed by atoms with Crippen LogP contribution in [0.5, 0.6) is 0 Å². The summed E-state index contributed by atoms with van der Waals surface area (Å²) in [5.41, 5.74) is 8.75. The fraction of sp³-hybridized carbons (Fsp3) is 0.286. The number of nitrogens with zero attached hydrogens (tertiary/aromatic N) is 3. The molecule has 5 rings (SSSR count). The summed E-state index contributed by atoms with van der Waals surface area (Å²) in [6.07, 6.45) is 5.46. The van der Waals surface area contributed by atoms with Crippen LogP contribution in [-0.2, 0) is 34.5 Å². The monoisotopic (exact) mass is 624 g/mol. The Kier molecular flexibility index (Phi) is 9.15. The van der Waals surface area contributed by atoms with Gasteiger partial charge in [0.2, 0.25) is 0 Å². The summed E-state index contributed by atoms with van der Waals surface area (Å²) >= 11 is 0. The van der Waals surface area contributed by atoms with Crippen molar-refractivity contribution in [3.8, 4) is 16.8 Å². The van der Waals surface area contributed by atoms with Crippen molar-refractivity contribution < 1.29 is 13.9 Å². The molecule has 1 unspecified atom stereocenters. The van der Waals surface area contributed by atoms with Crippen LogP contribution < -0.4 is 22.2 Å². The number of halogens is 1. The number of carbonyl (C=O) groups excluding carboxylic acids is 1. The van der Waals surface area contributed by atoms with E-state index in [0.717, 1.165) is 15.8 Å². The molecule has 0 aliphatic rings. The number of ether oxygens (including phenoxy) is 1. The number of hydrogen-bond donors (Lipinski definition) is 3. The second-order valence-corrected chi connectivity index (χ2v) is 12.4. The Labute approximate surface area is 265 Å². The van der Waals surface area contributed by atoms with Crippen molar-refractivity contribution in [1.29, 1.82) is 0 Å². The van der Waals surface area contributed by atoms with Gasteiger partial charge in [-0.15, -0.1) is 0 Å². The fourth-order valence-corrected chi connectivity index (χ4v) is 5.23. The van der Waals surface area contributed by atoms with Crippen LogP contribution in [0.15, 0.2) is 76.7 Å².